The number of carbonyl (C=O) groups is 1. The fraction of sp³-hybridized carbons (Fsp3) is 0.111. The fourth-order valence-electron chi connectivity index (χ4n) is 2.62. The lowest BCUT2D eigenvalue weighted by Gasteiger charge is -2.07. The maximum Gasteiger partial charge on any atom is 0.341 e. The van der Waals surface area contributed by atoms with Gasteiger partial charge in [0.1, 0.15) is 17.1 Å². The minimum Gasteiger partial charge on any atom is -0.497 e. The fourth-order valence-corrected chi connectivity index (χ4v) is 2.62. The van der Waals surface area contributed by atoms with E-state index in [9.17, 15) is 14.0 Å². The minimum absolute atomic E-state index is 0.000563. The molecule has 0 aliphatic heterocycles. The van der Waals surface area contributed by atoms with Gasteiger partial charge in [0.2, 0.25) is 5.43 Å². The molecule has 0 aliphatic carbocycles. The molecule has 3 aromatic rings. The number of aromatic amines is 1. The molecule has 0 saturated carbocycles. The van der Waals surface area contributed by atoms with Crippen LogP contribution in [0.15, 0.2) is 47.4 Å². The highest BCUT2D eigenvalue weighted by Gasteiger charge is 2.14. The molecule has 122 valence electrons. The number of nitrogens with one attached hydrogen (secondary N) is 1. The molecule has 5 nitrogen and oxygen atoms in total. The summed E-state index contributed by atoms with van der Waals surface area (Å²) in [5, 5.41) is 9.05. The van der Waals surface area contributed by atoms with E-state index in [0.29, 0.717) is 17.7 Å². The number of fused-ring (bicyclic) bond motifs is 1. The predicted octanol–water partition coefficient (Wildman–Crippen LogP) is 2.96. The van der Waals surface area contributed by atoms with E-state index in [-0.39, 0.29) is 10.9 Å². The second kappa shape index (κ2) is 6.16. The maximum absolute atomic E-state index is 14.3. The van der Waals surface area contributed by atoms with Gasteiger partial charge in [0.15, 0.2) is 0 Å². The first-order valence-corrected chi connectivity index (χ1v) is 7.19. The van der Waals surface area contributed by atoms with Crippen molar-refractivity contribution in [1.29, 1.82) is 0 Å². The van der Waals surface area contributed by atoms with E-state index in [0.717, 1.165) is 11.8 Å². The number of hydrogen-bond acceptors (Lipinski definition) is 3. The lowest BCUT2D eigenvalue weighted by molar-refractivity contribution is 0.0695. The van der Waals surface area contributed by atoms with Gasteiger partial charge in [-0.15, -0.1) is 0 Å². The molecule has 0 amide bonds. The first-order chi connectivity index (χ1) is 11.5. The van der Waals surface area contributed by atoms with E-state index in [1.807, 2.05) is 18.2 Å². The predicted molar refractivity (Wildman–Crippen MR) is 87.3 cm³/mol. The van der Waals surface area contributed by atoms with Crippen LogP contribution in [0.25, 0.3) is 10.9 Å². The third-order valence-corrected chi connectivity index (χ3v) is 3.77. The molecule has 0 aliphatic rings. The van der Waals surface area contributed by atoms with Gasteiger partial charge >= 0.3 is 5.97 Å². The highest BCUT2D eigenvalue weighted by atomic mass is 19.1. The van der Waals surface area contributed by atoms with Crippen LogP contribution in [-0.4, -0.2) is 23.2 Å². The zero-order valence-corrected chi connectivity index (χ0v) is 12.8. The Bertz CT molecular complexity index is 994. The molecular formula is C18H14FNO4. The summed E-state index contributed by atoms with van der Waals surface area (Å²) in [5.74, 6) is -1.27. The Kier molecular flexibility index (Phi) is 4.04. The van der Waals surface area contributed by atoms with E-state index in [4.69, 9.17) is 9.84 Å². The van der Waals surface area contributed by atoms with Crippen molar-refractivity contribution in [2.45, 2.75) is 6.42 Å². The first-order valence-electron chi connectivity index (χ1n) is 7.19. The molecule has 1 aromatic heterocycles. The summed E-state index contributed by atoms with van der Waals surface area (Å²) in [7, 11) is 1.56. The van der Waals surface area contributed by atoms with Gasteiger partial charge in [-0.1, -0.05) is 12.1 Å². The number of rotatable bonds is 4. The number of hydrogen-bond donors (Lipinski definition) is 2. The summed E-state index contributed by atoms with van der Waals surface area (Å²) in [4.78, 5) is 25.9. The van der Waals surface area contributed by atoms with Crippen molar-refractivity contribution in [1.82, 2.24) is 4.98 Å². The molecule has 24 heavy (non-hydrogen) atoms. The van der Waals surface area contributed by atoms with Crippen LogP contribution in [0.4, 0.5) is 4.39 Å². The zero-order chi connectivity index (χ0) is 17.3. The molecule has 6 heteroatoms. The highest BCUT2D eigenvalue weighted by molar-refractivity contribution is 5.92. The number of H-pyrrole nitrogens is 1. The Morgan fingerprint density at radius 3 is 2.75 bits per heavy atom. The van der Waals surface area contributed by atoms with Gasteiger partial charge in [0, 0.05) is 11.6 Å². The standard InChI is InChI=1S/C18H14FNO4/c1-24-12-4-2-3-10(6-12)5-11-7-13-16(15(19)8-11)20-9-14(17(13)21)18(22)23/h2-4,6-9H,5H2,1H3,(H,20,21)(H,22,23). The van der Waals surface area contributed by atoms with E-state index >= 15 is 0 Å². The lowest BCUT2D eigenvalue weighted by atomic mass is 10.0. The summed E-state index contributed by atoms with van der Waals surface area (Å²) >= 11 is 0. The number of aromatic nitrogens is 1. The molecule has 3 rings (SSSR count). The smallest absolute Gasteiger partial charge is 0.341 e. The molecule has 2 N–H and O–H groups in total. The minimum atomic E-state index is -1.35. The van der Waals surface area contributed by atoms with Crippen LogP contribution in [0, 0.1) is 5.82 Å². The first kappa shape index (κ1) is 15.7. The van der Waals surface area contributed by atoms with Crippen LogP contribution in [0.2, 0.25) is 0 Å². The van der Waals surface area contributed by atoms with Crippen molar-refractivity contribution < 1.29 is 19.0 Å². The monoisotopic (exact) mass is 327 g/mol. The molecule has 0 bridgehead atoms. The SMILES string of the molecule is COc1cccc(Cc2cc(F)c3[nH]cc(C(=O)O)c(=O)c3c2)c1. The molecule has 0 spiro atoms. The van der Waals surface area contributed by atoms with E-state index in [1.165, 1.54) is 12.1 Å². The number of ether oxygens (including phenoxy) is 1. The van der Waals surface area contributed by atoms with Crippen molar-refractivity contribution in [3.05, 3.63) is 75.3 Å². The van der Waals surface area contributed by atoms with Gasteiger partial charge < -0.3 is 14.8 Å². The quantitative estimate of drug-likeness (QED) is 0.772. The largest absolute Gasteiger partial charge is 0.497 e. The van der Waals surface area contributed by atoms with Crippen LogP contribution in [-0.2, 0) is 6.42 Å². The third-order valence-electron chi connectivity index (χ3n) is 3.77. The number of carboxylic acid groups (broad SMARTS) is 1. The average molecular weight is 327 g/mol. The lowest BCUT2D eigenvalue weighted by Crippen LogP contribution is -2.16. The summed E-state index contributed by atoms with van der Waals surface area (Å²) in [5.41, 5.74) is 0.336. The molecular weight excluding hydrogens is 313 g/mol. The van der Waals surface area contributed by atoms with Crippen LogP contribution >= 0.6 is 0 Å². The number of pyridine rings is 1. The number of carboxylic acids is 1. The Hall–Kier alpha value is -3.15. The highest BCUT2D eigenvalue weighted by Crippen LogP contribution is 2.20. The molecule has 0 fully saturated rings. The number of halogens is 1. The Morgan fingerprint density at radius 1 is 1.25 bits per heavy atom. The van der Waals surface area contributed by atoms with Gasteiger partial charge in [0.25, 0.3) is 0 Å². The molecule has 0 saturated heterocycles. The summed E-state index contributed by atoms with van der Waals surface area (Å²) in [6, 6.07) is 10.2. The third kappa shape index (κ3) is 2.86. The zero-order valence-electron chi connectivity index (χ0n) is 12.8. The van der Waals surface area contributed by atoms with E-state index in [1.54, 1.807) is 13.2 Å². The Morgan fingerprint density at radius 2 is 2.04 bits per heavy atom. The maximum atomic E-state index is 14.3. The molecule has 0 radical (unpaired) electrons. The Balaban J connectivity index is 2.10. The van der Waals surface area contributed by atoms with Crippen molar-refractivity contribution in [2.24, 2.45) is 0 Å². The molecule has 0 atom stereocenters. The van der Waals surface area contributed by atoms with Crippen molar-refractivity contribution in [3.8, 4) is 5.75 Å². The van der Waals surface area contributed by atoms with E-state index < -0.39 is 22.8 Å². The normalized spacial score (nSPS) is 10.8. The van der Waals surface area contributed by atoms with Crippen LogP contribution in [0.3, 0.4) is 0 Å². The van der Waals surface area contributed by atoms with Gasteiger partial charge in [-0.3, -0.25) is 4.79 Å². The second-order valence-electron chi connectivity index (χ2n) is 5.37. The van der Waals surface area contributed by atoms with Gasteiger partial charge in [-0.25, -0.2) is 9.18 Å². The van der Waals surface area contributed by atoms with Gasteiger partial charge in [-0.05, 0) is 41.8 Å². The summed E-state index contributed by atoms with van der Waals surface area (Å²) in [6.45, 7) is 0. The molecule has 1 heterocycles. The average Bonchev–Trinajstić information content (AvgIpc) is 2.55. The summed E-state index contributed by atoms with van der Waals surface area (Å²) in [6.07, 6.45) is 1.40. The van der Waals surface area contributed by atoms with Gasteiger partial charge in [0.05, 0.1) is 12.6 Å². The number of methoxy groups -OCH3 is 1. The summed E-state index contributed by atoms with van der Waals surface area (Å²) < 4.78 is 19.4. The molecule has 2 aromatic carbocycles. The van der Waals surface area contributed by atoms with Crippen molar-refractivity contribution in [3.63, 3.8) is 0 Å². The van der Waals surface area contributed by atoms with Crippen molar-refractivity contribution in [2.75, 3.05) is 7.11 Å². The number of benzene rings is 2. The van der Waals surface area contributed by atoms with Crippen molar-refractivity contribution >= 4 is 16.9 Å². The number of aromatic carboxylic acids is 1. The second-order valence-corrected chi connectivity index (χ2v) is 5.37. The van der Waals surface area contributed by atoms with Crippen LogP contribution in [0.5, 0.6) is 5.75 Å². The van der Waals surface area contributed by atoms with Crippen LogP contribution < -0.4 is 10.2 Å². The van der Waals surface area contributed by atoms with Gasteiger partial charge in [-0.2, -0.15) is 0 Å². The van der Waals surface area contributed by atoms with Crippen LogP contribution in [0.1, 0.15) is 21.5 Å². The topological polar surface area (TPSA) is 79.4 Å². The molecule has 0 unspecified atom stereocenters. The Labute approximate surface area is 136 Å². The van der Waals surface area contributed by atoms with E-state index in [2.05, 4.69) is 4.98 Å².